The highest BCUT2D eigenvalue weighted by atomic mass is 32.2. The van der Waals surface area contributed by atoms with Gasteiger partial charge in [0.05, 0.1) is 5.75 Å². The Morgan fingerprint density at radius 1 is 1.11 bits per heavy atom. The van der Waals surface area contributed by atoms with Crippen molar-refractivity contribution in [2.45, 2.75) is 25.3 Å². The van der Waals surface area contributed by atoms with Gasteiger partial charge in [0.2, 0.25) is 11.0 Å². The maximum Gasteiger partial charge on any atom is 0.236 e. The Kier molecular flexibility index (Phi) is 5.45. The monoisotopic (exact) mass is 408 g/mol. The predicted octanol–water partition coefficient (Wildman–Crippen LogP) is 4.89. The molecule has 0 aliphatic carbocycles. The Hall–Kier alpha value is -2.64. The summed E-state index contributed by atoms with van der Waals surface area (Å²) in [5.41, 5.74) is 3.69. The highest BCUT2D eigenvalue weighted by Gasteiger charge is 2.12. The Labute approximate surface area is 171 Å². The summed E-state index contributed by atoms with van der Waals surface area (Å²) in [7, 11) is 0. The zero-order chi connectivity index (χ0) is 19.5. The fourth-order valence-corrected chi connectivity index (χ4v) is 4.49. The number of nitrogens with zero attached hydrogens (tertiary/aromatic N) is 3. The van der Waals surface area contributed by atoms with Gasteiger partial charge in [-0.25, -0.2) is 0 Å². The van der Waals surface area contributed by atoms with E-state index in [2.05, 4.69) is 69.6 Å². The van der Waals surface area contributed by atoms with Gasteiger partial charge in [0.25, 0.3) is 0 Å². The predicted molar refractivity (Wildman–Crippen MR) is 116 cm³/mol. The number of nitrogens with one attached hydrogen (secondary N) is 1. The smallest absolute Gasteiger partial charge is 0.236 e. The van der Waals surface area contributed by atoms with Gasteiger partial charge in [-0.3, -0.25) is 10.1 Å². The number of anilines is 1. The molecule has 7 heteroatoms. The fourth-order valence-electron chi connectivity index (χ4n) is 2.99. The molecule has 0 fully saturated rings. The normalized spacial score (nSPS) is 11.1. The molecule has 0 aliphatic heterocycles. The molecule has 1 N–H and O–H groups in total. The van der Waals surface area contributed by atoms with Gasteiger partial charge in [-0.15, -0.1) is 22.0 Å². The summed E-state index contributed by atoms with van der Waals surface area (Å²) in [6, 6.07) is 16.9. The molecule has 4 rings (SSSR count). The highest BCUT2D eigenvalue weighted by Crippen LogP contribution is 2.30. The number of amides is 1. The third-order valence-electron chi connectivity index (χ3n) is 4.36. The first-order valence-electron chi connectivity index (χ1n) is 8.94. The van der Waals surface area contributed by atoms with Gasteiger partial charge in [-0.2, -0.15) is 0 Å². The average Bonchev–Trinajstić information content (AvgIpc) is 3.25. The highest BCUT2D eigenvalue weighted by molar-refractivity contribution is 8.00. The second-order valence-electron chi connectivity index (χ2n) is 6.59. The number of aromatic nitrogens is 3. The van der Waals surface area contributed by atoms with E-state index in [1.165, 1.54) is 33.4 Å². The summed E-state index contributed by atoms with van der Waals surface area (Å²) in [5, 5.41) is 13.2. The number of rotatable bonds is 6. The molecule has 0 bridgehead atoms. The van der Waals surface area contributed by atoms with E-state index in [1.54, 1.807) is 11.8 Å². The molecule has 4 aromatic rings. The fraction of sp³-hybridized carbons (Fsp3) is 0.190. The molecule has 28 heavy (non-hydrogen) atoms. The number of fused-ring (bicyclic) bond motifs is 1. The maximum atomic E-state index is 12.3. The van der Waals surface area contributed by atoms with Gasteiger partial charge in [0.15, 0.2) is 0 Å². The lowest BCUT2D eigenvalue weighted by molar-refractivity contribution is -0.113. The van der Waals surface area contributed by atoms with Crippen molar-refractivity contribution in [2.24, 2.45) is 0 Å². The largest absolute Gasteiger partial charge is 0.342 e. The molecule has 2 aromatic heterocycles. The summed E-state index contributed by atoms with van der Waals surface area (Å²) in [6.07, 6.45) is 2.14. The van der Waals surface area contributed by atoms with Crippen LogP contribution < -0.4 is 5.32 Å². The van der Waals surface area contributed by atoms with E-state index < -0.39 is 0 Å². The lowest BCUT2D eigenvalue weighted by Crippen LogP contribution is -2.13. The van der Waals surface area contributed by atoms with Crippen molar-refractivity contribution in [3.63, 3.8) is 0 Å². The first-order chi connectivity index (χ1) is 13.6. The minimum Gasteiger partial charge on any atom is -0.342 e. The number of hydrogen-bond acceptors (Lipinski definition) is 5. The maximum absolute atomic E-state index is 12.3. The third kappa shape index (κ3) is 4.26. The van der Waals surface area contributed by atoms with Gasteiger partial charge in [-0.1, -0.05) is 59.4 Å². The zero-order valence-corrected chi connectivity index (χ0v) is 17.3. The third-order valence-corrected chi connectivity index (χ3v) is 6.15. The van der Waals surface area contributed by atoms with E-state index in [1.807, 2.05) is 19.1 Å². The van der Waals surface area contributed by atoms with E-state index in [4.69, 9.17) is 0 Å². The van der Waals surface area contributed by atoms with Crippen LogP contribution in [0.4, 0.5) is 5.13 Å². The molecule has 0 atom stereocenters. The molecule has 2 heterocycles. The van der Waals surface area contributed by atoms with Crippen LogP contribution in [0.3, 0.4) is 0 Å². The molecule has 1 amide bonds. The second kappa shape index (κ2) is 8.16. The molecular weight excluding hydrogens is 388 g/mol. The Balaban J connectivity index is 1.50. The van der Waals surface area contributed by atoms with Crippen molar-refractivity contribution in [3.8, 4) is 0 Å². The summed E-state index contributed by atoms with van der Waals surface area (Å²) >= 11 is 2.92. The van der Waals surface area contributed by atoms with Crippen molar-refractivity contribution >= 4 is 45.0 Å². The molecule has 2 aromatic carbocycles. The number of benzene rings is 2. The van der Waals surface area contributed by atoms with Crippen LogP contribution in [-0.4, -0.2) is 26.4 Å². The molecule has 0 aliphatic rings. The SMILES string of the molecule is Cc1ccc(Cn2cc(SCC(=O)Nc3nnc(C)s3)c3ccccc32)cc1. The van der Waals surface area contributed by atoms with Gasteiger partial charge >= 0.3 is 0 Å². The summed E-state index contributed by atoms with van der Waals surface area (Å²) in [4.78, 5) is 13.4. The molecule has 142 valence electrons. The Morgan fingerprint density at radius 3 is 2.64 bits per heavy atom. The average molecular weight is 409 g/mol. The first-order valence-corrected chi connectivity index (χ1v) is 10.7. The van der Waals surface area contributed by atoms with Gasteiger partial charge < -0.3 is 4.57 Å². The number of hydrogen-bond donors (Lipinski definition) is 1. The molecule has 5 nitrogen and oxygen atoms in total. The lowest BCUT2D eigenvalue weighted by atomic mass is 10.1. The minimum absolute atomic E-state index is 0.0727. The summed E-state index contributed by atoms with van der Waals surface area (Å²) < 4.78 is 2.24. The van der Waals surface area contributed by atoms with Crippen LogP contribution in [-0.2, 0) is 11.3 Å². The van der Waals surface area contributed by atoms with E-state index in [9.17, 15) is 4.79 Å². The molecule has 0 saturated heterocycles. The van der Waals surface area contributed by atoms with E-state index >= 15 is 0 Å². The van der Waals surface area contributed by atoms with Crippen molar-refractivity contribution in [1.82, 2.24) is 14.8 Å². The van der Waals surface area contributed by atoms with Gasteiger partial charge in [0.1, 0.15) is 5.01 Å². The number of aryl methyl sites for hydroxylation is 2. The first kappa shape index (κ1) is 18.7. The zero-order valence-electron chi connectivity index (χ0n) is 15.7. The topological polar surface area (TPSA) is 59.8 Å². The van der Waals surface area contributed by atoms with Crippen LogP contribution in [0, 0.1) is 13.8 Å². The van der Waals surface area contributed by atoms with Crippen LogP contribution in [0.2, 0.25) is 0 Å². The molecular formula is C21H20N4OS2. The van der Waals surface area contributed by atoms with E-state index in [0.717, 1.165) is 16.4 Å². The minimum atomic E-state index is -0.0727. The summed E-state index contributed by atoms with van der Waals surface area (Å²) in [5.74, 6) is 0.258. The van der Waals surface area contributed by atoms with Crippen LogP contribution in [0.5, 0.6) is 0 Å². The molecule has 0 spiro atoms. The van der Waals surface area contributed by atoms with Crippen LogP contribution in [0.25, 0.3) is 10.9 Å². The lowest BCUT2D eigenvalue weighted by Gasteiger charge is -2.06. The molecule has 0 radical (unpaired) electrons. The number of thioether (sulfide) groups is 1. The van der Waals surface area contributed by atoms with Crippen molar-refractivity contribution in [3.05, 3.63) is 70.9 Å². The van der Waals surface area contributed by atoms with Crippen molar-refractivity contribution in [2.75, 3.05) is 11.1 Å². The summed E-state index contributed by atoms with van der Waals surface area (Å²) in [6.45, 7) is 4.76. The molecule has 0 unspecified atom stereocenters. The van der Waals surface area contributed by atoms with E-state index in [0.29, 0.717) is 10.9 Å². The second-order valence-corrected chi connectivity index (χ2v) is 8.79. The van der Waals surface area contributed by atoms with Gasteiger partial charge in [0, 0.05) is 28.5 Å². The standard InChI is InChI=1S/C21H20N4OS2/c1-14-7-9-16(10-8-14)11-25-12-19(17-5-3-4-6-18(17)25)27-13-20(26)22-21-24-23-15(2)28-21/h3-10,12H,11,13H2,1-2H3,(H,22,24,26). The van der Waals surface area contributed by atoms with Gasteiger partial charge in [-0.05, 0) is 25.5 Å². The number of carbonyl (C=O) groups excluding carboxylic acids is 1. The number of para-hydroxylation sites is 1. The van der Waals surface area contributed by atoms with Crippen LogP contribution >= 0.6 is 23.1 Å². The molecule has 0 saturated carbocycles. The Bertz CT molecular complexity index is 1120. The van der Waals surface area contributed by atoms with E-state index in [-0.39, 0.29) is 5.91 Å². The Morgan fingerprint density at radius 2 is 1.89 bits per heavy atom. The number of carbonyl (C=O) groups is 1. The van der Waals surface area contributed by atoms with Crippen LogP contribution in [0.1, 0.15) is 16.1 Å². The van der Waals surface area contributed by atoms with Crippen molar-refractivity contribution < 1.29 is 4.79 Å². The quantitative estimate of drug-likeness (QED) is 0.462. The van der Waals surface area contributed by atoms with Crippen LogP contribution in [0.15, 0.2) is 59.6 Å². The van der Waals surface area contributed by atoms with Crippen molar-refractivity contribution in [1.29, 1.82) is 0 Å².